The van der Waals surface area contributed by atoms with Gasteiger partial charge in [0, 0.05) is 62.9 Å². The molecule has 0 unspecified atom stereocenters. The number of anilines is 2. The minimum atomic E-state index is -4.63. The molecule has 320 valence electrons. The minimum Gasteiger partial charge on any atom is -0.443 e. The Morgan fingerprint density at radius 2 is 1.75 bits per heavy atom. The van der Waals surface area contributed by atoms with Crippen molar-refractivity contribution < 1.29 is 36.7 Å². The monoisotopic (exact) mass is 845 g/mol. The van der Waals surface area contributed by atoms with Gasteiger partial charge in [-0.3, -0.25) is 14.5 Å². The Balaban J connectivity index is 1.28. The molecule has 2 aromatic carbocycles. The largest absolute Gasteiger partial charge is 0.443 e. The van der Waals surface area contributed by atoms with Gasteiger partial charge in [-0.1, -0.05) is 50.8 Å². The number of nitrogens with zero attached hydrogens (tertiary/aromatic N) is 5. The molecule has 0 spiro atoms. The molecular formula is C44H54F3N7O5Si. The van der Waals surface area contributed by atoms with Gasteiger partial charge < -0.3 is 24.8 Å². The van der Waals surface area contributed by atoms with Crippen molar-refractivity contribution in [3.63, 3.8) is 0 Å². The predicted octanol–water partition coefficient (Wildman–Crippen LogP) is 8.05. The molecule has 3 amide bonds. The maximum atomic E-state index is 14.2. The van der Waals surface area contributed by atoms with Crippen LogP contribution in [-0.4, -0.2) is 82.9 Å². The summed E-state index contributed by atoms with van der Waals surface area (Å²) in [6, 6.07) is 12.4. The second kappa shape index (κ2) is 17.6. The van der Waals surface area contributed by atoms with Crippen LogP contribution in [0.15, 0.2) is 54.7 Å². The Hall–Kier alpha value is -5.50. The lowest BCUT2D eigenvalue weighted by atomic mass is 10.0. The highest BCUT2D eigenvalue weighted by Crippen LogP contribution is 2.37. The van der Waals surface area contributed by atoms with Crippen LogP contribution in [0.5, 0.6) is 0 Å². The summed E-state index contributed by atoms with van der Waals surface area (Å²) in [5.41, 5.74) is 8.08. The number of nitrogens with two attached hydrogens (primary N) is 1. The molecule has 0 saturated heterocycles. The number of alkyl halides is 3. The summed E-state index contributed by atoms with van der Waals surface area (Å²) in [6.07, 6.45) is -3.58. The Bertz CT molecular complexity index is 2330. The first-order valence-corrected chi connectivity index (χ1v) is 22.5. The Morgan fingerprint density at radius 3 is 2.42 bits per heavy atom. The second-order valence-corrected chi connectivity index (χ2v) is 22.3. The molecule has 12 nitrogen and oxygen atoms in total. The maximum Gasteiger partial charge on any atom is 0.417 e. The van der Waals surface area contributed by atoms with Gasteiger partial charge in [0.05, 0.1) is 28.8 Å². The van der Waals surface area contributed by atoms with Crippen LogP contribution in [0, 0.1) is 11.8 Å². The molecule has 4 aromatic rings. The molecule has 60 heavy (non-hydrogen) atoms. The summed E-state index contributed by atoms with van der Waals surface area (Å²) >= 11 is 0. The maximum absolute atomic E-state index is 14.2. The van der Waals surface area contributed by atoms with Gasteiger partial charge >= 0.3 is 12.3 Å². The van der Waals surface area contributed by atoms with Crippen molar-refractivity contribution in [2.24, 2.45) is 7.05 Å². The molecule has 0 atom stereocenters. The third-order valence-electron chi connectivity index (χ3n) is 10.6. The number of likely N-dealkylation sites (N-methyl/N-ethyl adjacent to an activating group) is 1. The van der Waals surface area contributed by atoms with E-state index in [4.69, 9.17) is 14.9 Å². The molecular weight excluding hydrogens is 792 g/mol. The summed E-state index contributed by atoms with van der Waals surface area (Å²) in [6.45, 7) is 17.0. The van der Waals surface area contributed by atoms with Crippen LogP contribution in [0.2, 0.25) is 18.1 Å². The van der Waals surface area contributed by atoms with Crippen LogP contribution >= 0.6 is 0 Å². The number of carbonyl (C=O) groups is 3. The number of ether oxygens (including phenoxy) is 1. The number of amides is 3. The van der Waals surface area contributed by atoms with Crippen molar-refractivity contribution >= 4 is 37.9 Å². The molecule has 3 N–H and O–H groups in total. The van der Waals surface area contributed by atoms with Crippen LogP contribution in [0.4, 0.5) is 29.6 Å². The van der Waals surface area contributed by atoms with Crippen molar-refractivity contribution in [2.75, 3.05) is 37.8 Å². The zero-order valence-corrected chi connectivity index (χ0v) is 36.9. The molecule has 0 bridgehead atoms. The first-order valence-electron chi connectivity index (χ1n) is 19.6. The van der Waals surface area contributed by atoms with Crippen molar-refractivity contribution in [1.82, 2.24) is 24.3 Å². The van der Waals surface area contributed by atoms with Gasteiger partial charge in [-0.2, -0.15) is 13.2 Å². The van der Waals surface area contributed by atoms with E-state index in [1.165, 1.54) is 18.3 Å². The van der Waals surface area contributed by atoms with E-state index in [1.54, 1.807) is 70.1 Å². The highest BCUT2D eigenvalue weighted by Gasteiger charge is 2.38. The van der Waals surface area contributed by atoms with Crippen LogP contribution in [-0.2, 0) is 46.6 Å². The Morgan fingerprint density at radius 1 is 1.03 bits per heavy atom. The topological polar surface area (TPSA) is 145 Å². The van der Waals surface area contributed by atoms with Crippen LogP contribution in [0.3, 0.4) is 0 Å². The number of carbonyl (C=O) groups excluding carboxylic acids is 3. The quantitative estimate of drug-likeness (QED) is 0.120. The molecule has 5 rings (SSSR count). The van der Waals surface area contributed by atoms with E-state index in [0.29, 0.717) is 58.9 Å². The fraction of sp³-hybridized carbons (Fsp3) is 0.432. The van der Waals surface area contributed by atoms with Crippen molar-refractivity contribution in [3.8, 4) is 23.2 Å². The fourth-order valence-corrected chi connectivity index (χ4v) is 7.42. The molecule has 0 saturated carbocycles. The molecule has 0 radical (unpaired) electrons. The molecule has 0 aliphatic carbocycles. The molecule has 1 aliphatic rings. The third-order valence-corrected chi connectivity index (χ3v) is 15.1. The lowest BCUT2D eigenvalue weighted by molar-refractivity contribution is -0.138. The van der Waals surface area contributed by atoms with E-state index in [1.807, 2.05) is 4.57 Å². The molecule has 3 heterocycles. The average molecular weight is 846 g/mol. The summed E-state index contributed by atoms with van der Waals surface area (Å²) in [5, 5.41) is 2.64. The number of nitrogen functional groups attached to an aromatic ring is 1. The number of rotatable bonds is 10. The van der Waals surface area contributed by atoms with E-state index in [2.05, 4.69) is 61.0 Å². The first-order chi connectivity index (χ1) is 27.8. The smallest absolute Gasteiger partial charge is 0.417 e. The highest BCUT2D eigenvalue weighted by atomic mass is 28.4. The summed E-state index contributed by atoms with van der Waals surface area (Å²) < 4.78 is 56.2. The Labute approximate surface area is 350 Å². The minimum absolute atomic E-state index is 0.00336. The molecule has 1 aliphatic heterocycles. The van der Waals surface area contributed by atoms with Crippen LogP contribution in [0.25, 0.3) is 11.4 Å². The molecule has 2 aromatic heterocycles. The van der Waals surface area contributed by atoms with Crippen molar-refractivity contribution in [1.29, 1.82) is 0 Å². The number of hydrogen-bond donors (Lipinski definition) is 2. The normalized spacial score (nSPS) is 13.5. The summed E-state index contributed by atoms with van der Waals surface area (Å²) in [5.74, 6) is 5.17. The first kappa shape index (κ1) is 45.6. The summed E-state index contributed by atoms with van der Waals surface area (Å²) in [4.78, 5) is 50.8. The Kier molecular flexibility index (Phi) is 13.4. The highest BCUT2D eigenvalue weighted by molar-refractivity contribution is 6.74. The van der Waals surface area contributed by atoms with Gasteiger partial charge in [0.2, 0.25) is 11.9 Å². The number of nitrogens with one attached hydrogen (secondary N) is 1. The number of benzene rings is 2. The van der Waals surface area contributed by atoms with Gasteiger partial charge in [-0.15, -0.1) is 0 Å². The third kappa shape index (κ3) is 11.2. The van der Waals surface area contributed by atoms with Crippen LogP contribution < -0.4 is 11.1 Å². The molecule has 16 heteroatoms. The van der Waals surface area contributed by atoms with Gasteiger partial charge in [0.1, 0.15) is 11.3 Å². The zero-order chi connectivity index (χ0) is 44.4. The van der Waals surface area contributed by atoms with Gasteiger partial charge in [-0.05, 0) is 87.4 Å². The van der Waals surface area contributed by atoms with E-state index < -0.39 is 43.6 Å². The number of aromatic nitrogens is 3. The van der Waals surface area contributed by atoms with E-state index >= 15 is 0 Å². The number of halogens is 3. The van der Waals surface area contributed by atoms with Crippen molar-refractivity contribution in [3.05, 3.63) is 93.8 Å². The van der Waals surface area contributed by atoms with Gasteiger partial charge in [-0.25, -0.2) is 19.7 Å². The lowest BCUT2D eigenvalue weighted by Gasteiger charge is -2.36. The van der Waals surface area contributed by atoms with Crippen molar-refractivity contribution in [2.45, 2.75) is 90.8 Å². The average Bonchev–Trinajstić information content (AvgIpc) is 3.46. The predicted molar refractivity (Wildman–Crippen MR) is 228 cm³/mol. The van der Waals surface area contributed by atoms with E-state index in [0.717, 1.165) is 11.0 Å². The zero-order valence-electron chi connectivity index (χ0n) is 35.9. The van der Waals surface area contributed by atoms with Crippen LogP contribution in [0.1, 0.15) is 85.4 Å². The van der Waals surface area contributed by atoms with E-state index in [-0.39, 0.29) is 41.7 Å². The molecule has 0 fully saturated rings. The lowest BCUT2D eigenvalue weighted by Crippen LogP contribution is -2.44. The van der Waals surface area contributed by atoms with Gasteiger partial charge in [0.15, 0.2) is 8.32 Å². The number of fused-ring (bicyclic) bond motifs is 1. The summed E-state index contributed by atoms with van der Waals surface area (Å²) in [7, 11) is 1.56. The standard InChI is InChI=1S/C44H54F3N7O5Si/c1-42(2,3)59-41(57)54-19-18-35-33(39(54)56)25-36(53(35)8)38-30(26-49-40(48)51-38)15-14-28-12-11-13-29(22-28)23-37(55)50-32-17-16-31(34(24-32)44(45,46)47)27-52(7)20-21-58-60(9,10)43(4,5)6/h11-13,16-17,22,24-26H,18-21,23,27H2,1-10H3,(H,50,55)(H2,48,49,51). The van der Waals surface area contributed by atoms with Gasteiger partial charge in [0.25, 0.3) is 5.91 Å². The van der Waals surface area contributed by atoms with E-state index in [9.17, 15) is 27.6 Å². The SMILES string of the molecule is CN(CCO[Si](C)(C)C(C)(C)C)Cc1ccc(NC(=O)Cc2cccc(C#Cc3cnc(N)nc3-c3cc4c(n3C)CCN(C(=O)OC(C)(C)C)C4=O)c2)cc1C(F)(F)F. The number of hydrogen-bond acceptors (Lipinski definition) is 9. The number of imide groups is 1. The second-order valence-electron chi connectivity index (χ2n) is 17.5. The fourth-order valence-electron chi connectivity index (χ4n) is 6.38.